The van der Waals surface area contributed by atoms with Gasteiger partial charge in [-0.2, -0.15) is 0 Å². The summed E-state index contributed by atoms with van der Waals surface area (Å²) in [4.78, 5) is 0.235. The van der Waals surface area contributed by atoms with Crippen LogP contribution in [-0.2, 0) is 16.3 Å². The van der Waals surface area contributed by atoms with Gasteiger partial charge in [-0.1, -0.05) is 12.1 Å². The summed E-state index contributed by atoms with van der Waals surface area (Å²) >= 11 is 0. The van der Waals surface area contributed by atoms with Gasteiger partial charge in [-0.15, -0.1) is 5.46 Å². The Kier molecular flexibility index (Phi) is 4.36. The molecule has 1 aromatic rings. The molecule has 2 nitrogen and oxygen atoms in total. The first-order chi connectivity index (χ1) is 6.82. The topological polar surface area (TPSA) is 29.4 Å². The summed E-state index contributed by atoms with van der Waals surface area (Å²) in [5.41, 5.74) is -0.583. The third-order valence-corrected chi connectivity index (χ3v) is 4.22. The number of benzene rings is 1. The monoisotopic (exact) mass is 273 g/mol. The van der Waals surface area contributed by atoms with Crippen molar-refractivity contribution in [3.8, 4) is 0 Å². The van der Waals surface area contributed by atoms with Crippen molar-refractivity contribution in [2.45, 2.75) is 11.4 Å². The van der Waals surface area contributed by atoms with Gasteiger partial charge in [0.2, 0.25) is 0 Å². The Labute approximate surface area is 135 Å². The predicted molar refractivity (Wildman–Crippen MR) is 53.6 cm³/mol. The predicted octanol–water partition coefficient (Wildman–Crippen LogP) is -1.28. The van der Waals surface area contributed by atoms with Gasteiger partial charge in [0.05, 0.1) is 16.3 Å². The van der Waals surface area contributed by atoms with Crippen molar-refractivity contribution < 1.29 is 68.5 Å². The van der Waals surface area contributed by atoms with E-state index >= 15 is 0 Å². The second-order valence-corrected chi connectivity index (χ2v) is 5.79. The van der Waals surface area contributed by atoms with E-state index in [4.69, 9.17) is 0 Å². The van der Waals surface area contributed by atoms with Crippen molar-refractivity contribution in [2.75, 3.05) is 6.26 Å². The molecule has 0 amide bonds. The fourth-order valence-electron chi connectivity index (χ4n) is 1.67. The van der Waals surface area contributed by atoms with E-state index in [0.29, 0.717) is 0 Å². The van der Waals surface area contributed by atoms with Gasteiger partial charge in [-0.05, 0) is 11.6 Å². The number of hydrogen-bond donors (Lipinski definition) is 0. The Morgan fingerprint density at radius 1 is 1.38 bits per heavy atom. The van der Waals surface area contributed by atoms with Gasteiger partial charge in [0, 0.05) is 11.2 Å². The van der Waals surface area contributed by atoms with Crippen LogP contribution in [0.2, 0.25) is 0 Å². The van der Waals surface area contributed by atoms with Crippen LogP contribution >= 0.6 is 0 Å². The summed E-state index contributed by atoms with van der Waals surface area (Å²) in [5, 5.41) is 0. The number of halogens is 3. The maximum atomic E-state index is 12.6. The molecule has 1 aromatic carbocycles. The quantitative estimate of drug-likeness (QED) is 0.586. The third kappa shape index (κ3) is 2.57. The number of nitrogens with zero attached hydrogens (tertiary/aromatic N) is 1. The van der Waals surface area contributed by atoms with Crippen molar-refractivity contribution in [1.29, 1.82) is 0 Å². The van der Waals surface area contributed by atoms with Crippen LogP contribution in [0.25, 0.3) is 0 Å². The summed E-state index contributed by atoms with van der Waals surface area (Å²) < 4.78 is 53.4. The van der Waals surface area contributed by atoms with Gasteiger partial charge in [0.25, 0.3) is 0 Å². The standard InChI is InChI=1S/C8H8BF3NOS.K/c1-15(14)8-4-2-3-7(9(10,11)12)6(8)5-13-15;/h2-4H,5H2,1H3;/q-1;+1. The van der Waals surface area contributed by atoms with E-state index in [2.05, 4.69) is 4.36 Å². The molecule has 0 fully saturated rings. The molecule has 0 bridgehead atoms. The van der Waals surface area contributed by atoms with E-state index < -0.39 is 22.2 Å². The van der Waals surface area contributed by atoms with Crippen molar-refractivity contribution in [3.63, 3.8) is 0 Å². The molecular weight excluding hydrogens is 265 g/mol. The number of hydrogen-bond acceptors (Lipinski definition) is 2. The second kappa shape index (κ2) is 4.74. The number of fused-ring (bicyclic) bond motifs is 1. The molecule has 82 valence electrons. The zero-order valence-electron chi connectivity index (χ0n) is 8.91. The molecule has 1 aliphatic heterocycles. The summed E-state index contributed by atoms with van der Waals surface area (Å²) in [7, 11) is -2.60. The molecule has 8 heteroatoms. The molecule has 16 heavy (non-hydrogen) atoms. The van der Waals surface area contributed by atoms with E-state index in [1.54, 1.807) is 0 Å². The van der Waals surface area contributed by atoms with Crippen LogP contribution in [0.1, 0.15) is 5.56 Å². The van der Waals surface area contributed by atoms with E-state index in [9.17, 15) is 17.2 Å². The van der Waals surface area contributed by atoms with Crippen molar-refractivity contribution in [1.82, 2.24) is 0 Å². The minimum absolute atomic E-state index is 0. The summed E-state index contributed by atoms with van der Waals surface area (Å²) in [6, 6.07) is 3.77. The average molecular weight is 273 g/mol. The van der Waals surface area contributed by atoms with Crippen LogP contribution in [-0.4, -0.2) is 17.4 Å². The maximum absolute atomic E-state index is 12.6. The number of rotatable bonds is 1. The molecule has 0 aromatic heterocycles. The molecule has 1 aliphatic rings. The molecule has 0 aliphatic carbocycles. The van der Waals surface area contributed by atoms with Gasteiger partial charge >= 0.3 is 58.4 Å². The van der Waals surface area contributed by atoms with Gasteiger partial charge in [-0.25, -0.2) is 8.57 Å². The van der Waals surface area contributed by atoms with Crippen LogP contribution in [0.3, 0.4) is 0 Å². The van der Waals surface area contributed by atoms with Crippen LogP contribution in [0.4, 0.5) is 12.9 Å². The van der Waals surface area contributed by atoms with Crippen LogP contribution in [0.15, 0.2) is 27.5 Å². The minimum Gasteiger partial charge on any atom is -0.445 e. The molecule has 0 saturated carbocycles. The molecule has 0 radical (unpaired) electrons. The molecular formula is C8H8BF3KNOS. The largest absolute Gasteiger partial charge is 1.00 e. The average Bonchev–Trinajstić information content (AvgIpc) is 2.41. The Bertz CT molecular complexity index is 537. The first-order valence-corrected chi connectivity index (χ1v) is 6.24. The van der Waals surface area contributed by atoms with Gasteiger partial charge < -0.3 is 12.9 Å². The van der Waals surface area contributed by atoms with Crippen LogP contribution in [0.5, 0.6) is 0 Å². The molecule has 0 spiro atoms. The minimum atomic E-state index is -5.05. The SMILES string of the molecule is CS1(=O)=NCc2c([B-](F)(F)F)cccc21.[K+]. The fraction of sp³-hybridized carbons (Fsp3) is 0.250. The zero-order valence-corrected chi connectivity index (χ0v) is 12.9. The molecule has 1 atom stereocenters. The van der Waals surface area contributed by atoms with E-state index in [1.807, 2.05) is 0 Å². The zero-order chi connectivity index (χ0) is 11.3. The van der Waals surface area contributed by atoms with Crippen molar-refractivity contribution >= 4 is 22.2 Å². The van der Waals surface area contributed by atoms with E-state index in [1.165, 1.54) is 18.4 Å². The van der Waals surface area contributed by atoms with Crippen LogP contribution < -0.4 is 56.8 Å². The second-order valence-electron chi connectivity index (χ2n) is 3.49. The third-order valence-electron chi connectivity index (χ3n) is 2.40. The molecule has 1 unspecified atom stereocenters. The van der Waals surface area contributed by atoms with E-state index in [-0.39, 0.29) is 68.4 Å². The Morgan fingerprint density at radius 3 is 2.56 bits per heavy atom. The molecule has 0 N–H and O–H groups in total. The smallest absolute Gasteiger partial charge is 0.445 e. The fourth-order valence-corrected chi connectivity index (χ4v) is 3.16. The van der Waals surface area contributed by atoms with Crippen LogP contribution in [0, 0.1) is 0 Å². The summed E-state index contributed by atoms with van der Waals surface area (Å²) in [6.07, 6.45) is 1.37. The van der Waals surface area contributed by atoms with Gasteiger partial charge in [0.15, 0.2) is 0 Å². The Morgan fingerprint density at radius 2 is 2.00 bits per heavy atom. The first-order valence-electron chi connectivity index (χ1n) is 4.32. The van der Waals surface area contributed by atoms with Gasteiger partial charge in [0.1, 0.15) is 0 Å². The van der Waals surface area contributed by atoms with Gasteiger partial charge in [-0.3, -0.25) is 0 Å². The van der Waals surface area contributed by atoms with Crippen molar-refractivity contribution in [2.24, 2.45) is 4.36 Å². The molecule has 2 rings (SSSR count). The van der Waals surface area contributed by atoms with E-state index in [0.717, 1.165) is 6.07 Å². The first kappa shape index (κ1) is 14.7. The molecule has 1 heterocycles. The Hall–Kier alpha value is 0.661. The normalized spacial score (nSPS) is 23.2. The molecule has 0 saturated heterocycles. The maximum Gasteiger partial charge on any atom is 1.00 e. The Balaban J connectivity index is 0.00000128. The van der Waals surface area contributed by atoms with Crippen molar-refractivity contribution in [3.05, 3.63) is 23.8 Å². The summed E-state index contributed by atoms with van der Waals surface area (Å²) in [6.45, 7) is -5.14. The summed E-state index contributed by atoms with van der Waals surface area (Å²) in [5.74, 6) is 0.